The smallest absolute Gasteiger partial charge is 0.445 e. The second kappa shape index (κ2) is 4.36. The van der Waals surface area contributed by atoms with E-state index < -0.39 is 12.4 Å². The summed E-state index contributed by atoms with van der Waals surface area (Å²) < 4.78 is 45.4. The van der Waals surface area contributed by atoms with E-state index in [9.17, 15) is 12.9 Å². The Labute approximate surface area is 98.0 Å². The van der Waals surface area contributed by atoms with Crippen LogP contribution < -0.4 is 5.46 Å². The predicted octanol–water partition coefficient (Wildman–Crippen LogP) is 2.25. The van der Waals surface area contributed by atoms with Crippen LogP contribution in [0.15, 0.2) is 0 Å². The lowest BCUT2D eigenvalue weighted by molar-refractivity contribution is -0.0407. The van der Waals surface area contributed by atoms with Crippen molar-refractivity contribution in [3.8, 4) is 0 Å². The summed E-state index contributed by atoms with van der Waals surface area (Å²) in [6, 6.07) is 0. The number of hydrogen-bond donors (Lipinski definition) is 0. The maximum absolute atomic E-state index is 12.9. The second-order valence-electron chi connectivity index (χ2n) is 4.43. The Balaban J connectivity index is 2.36. The van der Waals surface area contributed by atoms with E-state index in [1.807, 2.05) is 0 Å². The number of ether oxygens (including phenoxy) is 1. The monoisotopic (exact) mass is 247 g/mol. The van der Waals surface area contributed by atoms with Crippen LogP contribution in [0, 0.1) is 13.8 Å². The van der Waals surface area contributed by atoms with Gasteiger partial charge >= 0.3 is 6.98 Å². The predicted molar refractivity (Wildman–Crippen MR) is 59.3 cm³/mol. The summed E-state index contributed by atoms with van der Waals surface area (Å²) in [6.07, 6.45) is 2.32. The molecule has 0 saturated carbocycles. The fourth-order valence-electron chi connectivity index (χ4n) is 2.35. The molecule has 0 radical (unpaired) electrons. The van der Waals surface area contributed by atoms with Crippen molar-refractivity contribution in [2.45, 2.75) is 39.3 Å². The second-order valence-corrected chi connectivity index (χ2v) is 4.43. The molecule has 96 valence electrons. The summed E-state index contributed by atoms with van der Waals surface area (Å²) in [6.45, 7) is -1.55. The summed E-state index contributed by atoms with van der Waals surface area (Å²) in [4.78, 5) is 0. The number of rotatable bonds is 2. The average molecular weight is 247 g/mol. The third kappa shape index (κ3) is 2.34. The number of nitrogens with zero attached hydrogens (tertiary/aromatic N) is 2. The summed E-state index contributed by atoms with van der Waals surface area (Å²) >= 11 is 0. The SMILES string of the molecule is Cc1nn(C2CCCCO2)c(C)c1[B-](F)(F)F. The van der Waals surface area contributed by atoms with E-state index in [1.54, 1.807) is 0 Å². The van der Waals surface area contributed by atoms with Gasteiger partial charge in [-0.15, -0.1) is 0 Å². The van der Waals surface area contributed by atoms with Gasteiger partial charge in [0.25, 0.3) is 0 Å². The van der Waals surface area contributed by atoms with Gasteiger partial charge in [-0.1, -0.05) is 5.46 Å². The van der Waals surface area contributed by atoms with Crippen LogP contribution in [0.4, 0.5) is 12.9 Å². The molecule has 1 aliphatic heterocycles. The number of aryl methyl sites for hydroxylation is 1. The van der Waals surface area contributed by atoms with Gasteiger partial charge in [0.2, 0.25) is 0 Å². The van der Waals surface area contributed by atoms with Gasteiger partial charge in [0, 0.05) is 18.0 Å². The molecule has 1 saturated heterocycles. The van der Waals surface area contributed by atoms with Crippen LogP contribution in [0.3, 0.4) is 0 Å². The molecule has 1 unspecified atom stereocenters. The van der Waals surface area contributed by atoms with Crippen LogP contribution in [0.2, 0.25) is 0 Å². The van der Waals surface area contributed by atoms with Gasteiger partial charge in [0.1, 0.15) is 6.23 Å². The minimum absolute atomic E-state index is 0.0455. The van der Waals surface area contributed by atoms with Crippen LogP contribution in [-0.4, -0.2) is 23.4 Å². The molecule has 0 aliphatic carbocycles. The first-order chi connectivity index (χ1) is 7.91. The van der Waals surface area contributed by atoms with Gasteiger partial charge in [-0.05, 0) is 33.1 Å². The van der Waals surface area contributed by atoms with Crippen molar-refractivity contribution in [3.63, 3.8) is 0 Å². The Bertz CT molecular complexity index is 410. The van der Waals surface area contributed by atoms with Crippen LogP contribution >= 0.6 is 0 Å². The zero-order valence-corrected chi connectivity index (χ0v) is 9.92. The largest absolute Gasteiger partial charge is 0.513 e. The molecule has 1 aromatic heterocycles. The van der Waals surface area contributed by atoms with E-state index in [0.29, 0.717) is 6.61 Å². The highest BCUT2D eigenvalue weighted by atomic mass is 19.4. The molecule has 1 fully saturated rings. The molecule has 7 heteroatoms. The highest BCUT2D eigenvalue weighted by Gasteiger charge is 2.33. The van der Waals surface area contributed by atoms with E-state index in [-0.39, 0.29) is 17.6 Å². The topological polar surface area (TPSA) is 27.1 Å². The third-order valence-electron chi connectivity index (χ3n) is 3.14. The van der Waals surface area contributed by atoms with Gasteiger partial charge in [-0.2, -0.15) is 5.10 Å². The fourth-order valence-corrected chi connectivity index (χ4v) is 2.35. The minimum atomic E-state index is -5.00. The molecule has 0 aromatic carbocycles. The summed E-state index contributed by atoms with van der Waals surface area (Å²) in [5, 5.41) is 3.99. The highest BCUT2D eigenvalue weighted by molar-refractivity contribution is 6.74. The zero-order chi connectivity index (χ0) is 12.6. The van der Waals surface area contributed by atoms with Crippen molar-refractivity contribution in [1.82, 2.24) is 9.78 Å². The Morgan fingerprint density at radius 1 is 1.29 bits per heavy atom. The average Bonchev–Trinajstić information content (AvgIpc) is 2.54. The normalized spacial score (nSPS) is 21.8. The zero-order valence-electron chi connectivity index (χ0n) is 9.92. The van der Waals surface area contributed by atoms with Crippen molar-refractivity contribution < 1.29 is 17.7 Å². The number of aromatic nitrogens is 2. The van der Waals surface area contributed by atoms with Crippen molar-refractivity contribution in [1.29, 1.82) is 0 Å². The van der Waals surface area contributed by atoms with Gasteiger partial charge in [0.05, 0.1) is 0 Å². The van der Waals surface area contributed by atoms with Crippen molar-refractivity contribution >= 4 is 12.4 Å². The van der Waals surface area contributed by atoms with Gasteiger partial charge in [0.15, 0.2) is 0 Å². The maximum atomic E-state index is 12.9. The van der Waals surface area contributed by atoms with Gasteiger partial charge in [-0.25, -0.2) is 4.68 Å². The van der Waals surface area contributed by atoms with Gasteiger partial charge in [-0.3, -0.25) is 0 Å². The number of hydrogen-bond acceptors (Lipinski definition) is 2. The lowest BCUT2D eigenvalue weighted by Gasteiger charge is -2.24. The van der Waals surface area contributed by atoms with Crippen LogP contribution in [-0.2, 0) is 4.74 Å². The molecule has 17 heavy (non-hydrogen) atoms. The van der Waals surface area contributed by atoms with Crippen molar-refractivity contribution in [3.05, 3.63) is 11.4 Å². The first-order valence-electron chi connectivity index (χ1n) is 5.78. The molecule has 0 N–H and O–H groups in total. The Morgan fingerprint density at radius 3 is 2.47 bits per heavy atom. The summed E-state index contributed by atoms with van der Waals surface area (Å²) in [5.41, 5.74) is -0.356. The maximum Gasteiger partial charge on any atom is 0.513 e. The molecule has 1 atom stereocenters. The molecule has 2 rings (SSSR count). The fraction of sp³-hybridized carbons (Fsp3) is 0.700. The number of halogens is 3. The molecule has 0 amide bonds. The van der Waals surface area contributed by atoms with Crippen LogP contribution in [0.1, 0.15) is 36.9 Å². The Morgan fingerprint density at radius 2 is 2.00 bits per heavy atom. The first kappa shape index (κ1) is 12.5. The summed E-state index contributed by atoms with van der Waals surface area (Å²) in [5.74, 6) is 0. The van der Waals surface area contributed by atoms with Crippen molar-refractivity contribution in [2.24, 2.45) is 0 Å². The molecule has 0 bridgehead atoms. The van der Waals surface area contributed by atoms with E-state index in [1.165, 1.54) is 18.5 Å². The molecule has 1 aromatic rings. The van der Waals surface area contributed by atoms with Gasteiger partial charge < -0.3 is 17.7 Å². The molecule has 3 nitrogen and oxygen atoms in total. The van der Waals surface area contributed by atoms with E-state index >= 15 is 0 Å². The lowest BCUT2D eigenvalue weighted by atomic mass is 9.78. The van der Waals surface area contributed by atoms with Crippen LogP contribution in [0.25, 0.3) is 0 Å². The molecular weight excluding hydrogens is 232 g/mol. The quantitative estimate of drug-likeness (QED) is 0.749. The van der Waals surface area contributed by atoms with E-state index in [2.05, 4.69) is 5.10 Å². The molecule has 0 spiro atoms. The standard InChI is InChI=1S/C10H15BF3N2O/c1-7-10(11(12,13)14)8(2)16(15-7)9-5-3-4-6-17-9/h9H,3-6H2,1-2H3/q-1. The molecular formula is C10H15BF3N2O-. The van der Waals surface area contributed by atoms with E-state index in [0.717, 1.165) is 19.3 Å². The lowest BCUT2D eigenvalue weighted by Crippen LogP contribution is -2.37. The highest BCUT2D eigenvalue weighted by Crippen LogP contribution is 2.24. The minimum Gasteiger partial charge on any atom is -0.445 e. The molecule has 2 heterocycles. The molecule has 1 aliphatic rings. The Kier molecular flexibility index (Phi) is 3.20. The summed E-state index contributed by atoms with van der Waals surface area (Å²) in [7, 11) is 0. The van der Waals surface area contributed by atoms with Crippen LogP contribution in [0.5, 0.6) is 0 Å². The first-order valence-corrected chi connectivity index (χ1v) is 5.78. The third-order valence-corrected chi connectivity index (χ3v) is 3.14. The van der Waals surface area contributed by atoms with E-state index in [4.69, 9.17) is 4.74 Å². The Hall–Kier alpha value is -0.975. The van der Waals surface area contributed by atoms with Crippen molar-refractivity contribution in [2.75, 3.05) is 6.61 Å².